The lowest BCUT2D eigenvalue weighted by atomic mass is 9.89. The van der Waals surface area contributed by atoms with Gasteiger partial charge < -0.3 is 9.64 Å². The van der Waals surface area contributed by atoms with Crippen molar-refractivity contribution in [3.63, 3.8) is 0 Å². The van der Waals surface area contributed by atoms with E-state index in [-0.39, 0.29) is 29.4 Å². The topological polar surface area (TPSA) is 107 Å². The van der Waals surface area contributed by atoms with E-state index in [9.17, 15) is 23.2 Å². The second kappa shape index (κ2) is 9.28. The van der Waals surface area contributed by atoms with Gasteiger partial charge in [0.15, 0.2) is 0 Å². The van der Waals surface area contributed by atoms with Crippen LogP contribution in [-0.4, -0.2) is 78.5 Å². The van der Waals surface area contributed by atoms with Crippen LogP contribution in [-0.2, 0) is 24.5 Å². The smallest absolute Gasteiger partial charge is 0.329 e. The molecule has 29 heavy (non-hydrogen) atoms. The molecular formula is C19H33N3O6S. The lowest BCUT2D eigenvalue weighted by Crippen LogP contribution is -2.52. The van der Waals surface area contributed by atoms with E-state index < -0.39 is 22.0 Å². The highest BCUT2D eigenvalue weighted by Gasteiger charge is 2.40. The van der Waals surface area contributed by atoms with Crippen LogP contribution in [0.4, 0.5) is 0 Å². The molecule has 2 atom stereocenters. The quantitative estimate of drug-likeness (QED) is 0.527. The number of hydrogen-bond acceptors (Lipinski definition) is 6. The molecule has 0 spiro atoms. The Labute approximate surface area is 173 Å². The number of carbonyl (C=O) groups excluding carboxylic acids is 2. The molecular weight excluding hydrogens is 398 g/mol. The maximum atomic E-state index is 12.9. The Morgan fingerprint density at radius 3 is 2.07 bits per heavy atom. The Hall–Kier alpha value is -1.23. The van der Waals surface area contributed by atoms with Gasteiger partial charge in [-0.05, 0) is 43.9 Å². The molecule has 166 valence electrons. The second-order valence-corrected chi connectivity index (χ2v) is 10.6. The first-order valence-corrected chi connectivity index (χ1v) is 12.0. The molecule has 3 rings (SSSR count). The monoisotopic (exact) mass is 431 g/mol. The van der Waals surface area contributed by atoms with E-state index >= 15 is 0 Å². The summed E-state index contributed by atoms with van der Waals surface area (Å²) in [5, 5.41) is 10.1. The number of rotatable bonds is 4. The normalized spacial score (nSPS) is 28.3. The summed E-state index contributed by atoms with van der Waals surface area (Å²) in [6, 6.07) is 0. The molecule has 0 bridgehead atoms. The minimum Gasteiger partial charge on any atom is -0.381 e. The minimum atomic E-state index is -4.30. The van der Waals surface area contributed by atoms with Gasteiger partial charge in [0.2, 0.25) is 5.91 Å². The molecule has 0 aliphatic carbocycles. The van der Waals surface area contributed by atoms with Crippen molar-refractivity contribution in [1.82, 2.24) is 13.7 Å². The predicted octanol–water partition coefficient (Wildman–Crippen LogP) is 1.09. The van der Waals surface area contributed by atoms with E-state index in [1.165, 1.54) is 0 Å². The third-order valence-electron chi connectivity index (χ3n) is 6.29. The van der Waals surface area contributed by atoms with Gasteiger partial charge in [-0.3, -0.25) is 14.8 Å². The lowest BCUT2D eigenvalue weighted by molar-refractivity contribution is -0.154. The fraction of sp³-hybridized carbons (Fsp3) is 0.895. The fourth-order valence-electron chi connectivity index (χ4n) is 4.76. The van der Waals surface area contributed by atoms with E-state index in [1.54, 1.807) is 0 Å². The van der Waals surface area contributed by atoms with Gasteiger partial charge in [-0.1, -0.05) is 18.3 Å². The number of ether oxygens (including phenoxy) is 1. The van der Waals surface area contributed by atoms with Crippen LogP contribution in [0.25, 0.3) is 0 Å². The molecule has 10 heteroatoms. The molecule has 0 saturated carbocycles. The number of amides is 2. The highest BCUT2D eigenvalue weighted by molar-refractivity contribution is 7.87. The first-order valence-electron chi connectivity index (χ1n) is 10.6. The Kier molecular flexibility index (Phi) is 7.19. The van der Waals surface area contributed by atoms with Crippen LogP contribution in [0.3, 0.4) is 0 Å². The number of piperidine rings is 2. The van der Waals surface area contributed by atoms with Crippen LogP contribution < -0.4 is 0 Å². The Morgan fingerprint density at radius 2 is 1.52 bits per heavy atom. The number of nitrogens with zero attached hydrogens (tertiary/aromatic N) is 3. The molecule has 3 fully saturated rings. The average molecular weight is 432 g/mol. The Balaban J connectivity index is 1.56. The molecule has 3 heterocycles. The van der Waals surface area contributed by atoms with E-state index in [2.05, 4.69) is 13.8 Å². The van der Waals surface area contributed by atoms with Gasteiger partial charge in [0, 0.05) is 51.2 Å². The molecule has 2 amide bonds. The van der Waals surface area contributed by atoms with Crippen molar-refractivity contribution in [3.8, 4) is 0 Å². The summed E-state index contributed by atoms with van der Waals surface area (Å²) in [4.78, 5) is 27.2. The summed E-state index contributed by atoms with van der Waals surface area (Å²) in [6.07, 6.45) is 2.71. The zero-order valence-corrected chi connectivity index (χ0v) is 18.1. The standard InChI is InChI=1S/C19H33N3O6S/c1-14-11-15(2)13-20(12-14)18(23)16-3-7-21(8-4-16)29(26,27)22(25)19(24)17-5-9-28-10-6-17/h14-17,25H,3-13H2,1-2H3/t14-,15-/m1/s1. The van der Waals surface area contributed by atoms with Gasteiger partial charge in [0.1, 0.15) is 0 Å². The number of hydrogen-bond donors (Lipinski definition) is 1. The third kappa shape index (κ3) is 5.10. The van der Waals surface area contributed by atoms with Crippen LogP contribution >= 0.6 is 0 Å². The van der Waals surface area contributed by atoms with Crippen molar-refractivity contribution in [2.24, 2.45) is 23.7 Å². The van der Waals surface area contributed by atoms with Crippen molar-refractivity contribution in [2.45, 2.75) is 46.0 Å². The van der Waals surface area contributed by atoms with E-state index in [1.807, 2.05) is 4.90 Å². The average Bonchev–Trinajstić information content (AvgIpc) is 2.72. The lowest BCUT2D eigenvalue weighted by Gasteiger charge is -2.39. The summed E-state index contributed by atoms with van der Waals surface area (Å²) < 4.78 is 31.6. The van der Waals surface area contributed by atoms with Crippen molar-refractivity contribution in [3.05, 3.63) is 0 Å². The zero-order valence-electron chi connectivity index (χ0n) is 17.3. The predicted molar refractivity (Wildman–Crippen MR) is 105 cm³/mol. The van der Waals surface area contributed by atoms with E-state index in [4.69, 9.17) is 4.74 Å². The molecule has 3 aliphatic heterocycles. The Bertz CT molecular complexity index is 691. The van der Waals surface area contributed by atoms with Crippen molar-refractivity contribution in [1.29, 1.82) is 0 Å². The molecule has 0 aromatic carbocycles. The Morgan fingerprint density at radius 1 is 0.966 bits per heavy atom. The van der Waals surface area contributed by atoms with Crippen LogP contribution in [0.2, 0.25) is 0 Å². The van der Waals surface area contributed by atoms with Crippen LogP contribution in [0, 0.1) is 23.7 Å². The van der Waals surface area contributed by atoms with Gasteiger partial charge >= 0.3 is 10.2 Å². The maximum Gasteiger partial charge on any atom is 0.329 e. The first-order chi connectivity index (χ1) is 13.7. The van der Waals surface area contributed by atoms with Gasteiger partial charge in [0.25, 0.3) is 5.91 Å². The van der Waals surface area contributed by atoms with Gasteiger partial charge in [-0.15, -0.1) is 0 Å². The first kappa shape index (κ1) is 22.5. The number of carbonyl (C=O) groups is 2. The molecule has 9 nitrogen and oxygen atoms in total. The molecule has 0 radical (unpaired) electrons. The third-order valence-corrected chi connectivity index (χ3v) is 7.92. The highest BCUT2D eigenvalue weighted by Crippen LogP contribution is 2.28. The molecule has 3 saturated heterocycles. The van der Waals surface area contributed by atoms with Crippen LogP contribution in [0.1, 0.15) is 46.0 Å². The van der Waals surface area contributed by atoms with E-state index in [0.29, 0.717) is 50.7 Å². The van der Waals surface area contributed by atoms with Crippen molar-refractivity contribution in [2.75, 3.05) is 39.4 Å². The largest absolute Gasteiger partial charge is 0.381 e. The number of hydroxylamine groups is 1. The van der Waals surface area contributed by atoms with E-state index in [0.717, 1.165) is 23.8 Å². The molecule has 3 aliphatic rings. The molecule has 0 unspecified atom stereocenters. The van der Waals surface area contributed by atoms with Crippen LogP contribution in [0.15, 0.2) is 0 Å². The molecule has 0 aromatic heterocycles. The maximum absolute atomic E-state index is 12.9. The van der Waals surface area contributed by atoms with Gasteiger partial charge in [0.05, 0.1) is 0 Å². The van der Waals surface area contributed by atoms with Crippen molar-refractivity contribution < 1.29 is 28.0 Å². The molecule has 1 N–H and O–H groups in total. The van der Waals surface area contributed by atoms with Gasteiger partial charge in [-0.25, -0.2) is 0 Å². The summed E-state index contributed by atoms with van der Waals surface area (Å²) >= 11 is 0. The summed E-state index contributed by atoms with van der Waals surface area (Å²) in [6.45, 7) is 6.81. The van der Waals surface area contributed by atoms with Gasteiger partial charge in [-0.2, -0.15) is 12.7 Å². The number of likely N-dealkylation sites (tertiary alicyclic amines) is 1. The summed E-state index contributed by atoms with van der Waals surface area (Å²) in [5.41, 5.74) is 0. The SMILES string of the molecule is C[C@@H]1C[C@@H](C)CN(C(=O)C2CCN(S(=O)(=O)N(O)C(=O)C3CCOCC3)CC2)C1. The second-order valence-electron chi connectivity index (χ2n) is 8.84. The highest BCUT2D eigenvalue weighted by atomic mass is 32.2. The van der Waals surface area contributed by atoms with Crippen LogP contribution in [0.5, 0.6) is 0 Å². The van der Waals surface area contributed by atoms with Crippen molar-refractivity contribution >= 4 is 22.0 Å². The summed E-state index contributed by atoms with van der Waals surface area (Å²) in [7, 11) is -4.30. The molecule has 0 aromatic rings. The zero-order chi connectivity index (χ0) is 21.2. The minimum absolute atomic E-state index is 0.0968. The summed E-state index contributed by atoms with van der Waals surface area (Å²) in [5.74, 6) is -0.519. The fourth-order valence-corrected chi connectivity index (χ4v) is 6.03.